The van der Waals surface area contributed by atoms with Gasteiger partial charge in [-0.3, -0.25) is 0 Å². The van der Waals surface area contributed by atoms with Crippen LogP contribution in [0.5, 0.6) is 0 Å². The highest BCUT2D eigenvalue weighted by molar-refractivity contribution is 6.13. The molecule has 0 aliphatic heterocycles. The second-order valence-corrected chi connectivity index (χ2v) is 9.80. The number of fused-ring (bicyclic) bond motifs is 3. The van der Waals surface area contributed by atoms with Gasteiger partial charge in [0.2, 0.25) is 0 Å². The van der Waals surface area contributed by atoms with Gasteiger partial charge in [-0.1, -0.05) is 127 Å². The first kappa shape index (κ1) is 23.0. The van der Waals surface area contributed by atoms with Crippen LogP contribution in [0.1, 0.15) is 0 Å². The lowest BCUT2D eigenvalue weighted by atomic mass is 9.93. The fourth-order valence-electron chi connectivity index (χ4n) is 5.64. The molecule has 0 fully saturated rings. The maximum Gasteiger partial charge on any atom is 0.0540 e. The summed E-state index contributed by atoms with van der Waals surface area (Å²) in [5, 5.41) is 5.09. The van der Waals surface area contributed by atoms with E-state index in [0.717, 1.165) is 17.1 Å². The number of nitrogens with zero attached hydrogens (tertiary/aromatic N) is 1. The van der Waals surface area contributed by atoms with Crippen LogP contribution in [-0.4, -0.2) is 0 Å². The van der Waals surface area contributed by atoms with Crippen LogP contribution in [0.4, 0.5) is 17.1 Å². The van der Waals surface area contributed by atoms with Gasteiger partial charge < -0.3 is 4.90 Å². The second-order valence-electron chi connectivity index (χ2n) is 9.80. The van der Waals surface area contributed by atoms with Crippen molar-refractivity contribution in [2.75, 3.05) is 4.90 Å². The number of rotatable bonds is 5. The molecule has 1 nitrogen and oxygen atoms in total. The van der Waals surface area contributed by atoms with Crippen LogP contribution in [0.3, 0.4) is 0 Å². The van der Waals surface area contributed by atoms with E-state index < -0.39 is 0 Å². The molecular weight excluding hydrogens is 470 g/mol. The first-order valence-electron chi connectivity index (χ1n) is 13.4. The summed E-state index contributed by atoms with van der Waals surface area (Å²) in [4.78, 5) is 2.37. The van der Waals surface area contributed by atoms with Crippen LogP contribution in [-0.2, 0) is 0 Å². The van der Waals surface area contributed by atoms with E-state index in [1.807, 2.05) is 0 Å². The summed E-state index contributed by atoms with van der Waals surface area (Å²) in [6, 6.07) is 58.6. The van der Waals surface area contributed by atoms with Crippen LogP contribution in [0, 0.1) is 0 Å². The number of benzene rings is 7. The second kappa shape index (κ2) is 9.96. The molecule has 0 aliphatic carbocycles. The minimum Gasteiger partial charge on any atom is -0.310 e. The van der Waals surface area contributed by atoms with Gasteiger partial charge in [0.1, 0.15) is 0 Å². The van der Waals surface area contributed by atoms with Crippen LogP contribution >= 0.6 is 0 Å². The molecule has 0 aliphatic rings. The van der Waals surface area contributed by atoms with Gasteiger partial charge in [-0.25, -0.2) is 0 Å². The van der Waals surface area contributed by atoms with Gasteiger partial charge in [0, 0.05) is 16.9 Å². The normalized spacial score (nSPS) is 11.1. The molecule has 0 bridgehead atoms. The Bertz CT molecular complexity index is 1910. The van der Waals surface area contributed by atoms with Crippen molar-refractivity contribution in [1.82, 2.24) is 0 Å². The smallest absolute Gasteiger partial charge is 0.0540 e. The van der Waals surface area contributed by atoms with E-state index in [1.165, 1.54) is 43.8 Å². The van der Waals surface area contributed by atoms with E-state index in [9.17, 15) is 0 Å². The summed E-state index contributed by atoms with van der Waals surface area (Å²) in [5.41, 5.74) is 8.24. The fourth-order valence-corrected chi connectivity index (χ4v) is 5.64. The van der Waals surface area contributed by atoms with Gasteiger partial charge in [-0.2, -0.15) is 0 Å². The van der Waals surface area contributed by atoms with Crippen molar-refractivity contribution >= 4 is 38.6 Å². The summed E-state index contributed by atoms with van der Waals surface area (Å²) in [6.07, 6.45) is 0. The van der Waals surface area contributed by atoms with E-state index in [1.54, 1.807) is 0 Å². The average molecular weight is 498 g/mol. The average Bonchev–Trinajstić information content (AvgIpc) is 3.02. The van der Waals surface area contributed by atoms with Gasteiger partial charge in [0.05, 0.1) is 5.69 Å². The molecule has 0 amide bonds. The number of para-hydroxylation sites is 2. The molecule has 1 heteroatoms. The molecule has 0 atom stereocenters. The topological polar surface area (TPSA) is 3.24 Å². The number of anilines is 3. The largest absolute Gasteiger partial charge is 0.310 e. The van der Waals surface area contributed by atoms with Crippen molar-refractivity contribution in [3.8, 4) is 22.3 Å². The molecule has 0 heterocycles. The Morgan fingerprint density at radius 2 is 0.923 bits per heavy atom. The van der Waals surface area contributed by atoms with E-state index in [-0.39, 0.29) is 0 Å². The molecule has 184 valence electrons. The Hall–Kier alpha value is -5.14. The summed E-state index contributed by atoms with van der Waals surface area (Å²) in [7, 11) is 0. The summed E-state index contributed by atoms with van der Waals surface area (Å²) in [5.74, 6) is 0. The van der Waals surface area contributed by atoms with Crippen molar-refractivity contribution in [3.63, 3.8) is 0 Å². The minimum absolute atomic E-state index is 1.12. The molecule has 7 aromatic carbocycles. The third-order valence-electron chi connectivity index (χ3n) is 7.43. The first-order valence-corrected chi connectivity index (χ1v) is 13.4. The van der Waals surface area contributed by atoms with Crippen molar-refractivity contribution in [3.05, 3.63) is 164 Å². The third kappa shape index (κ3) is 4.24. The minimum atomic E-state index is 1.12. The van der Waals surface area contributed by atoms with Gasteiger partial charge in [0.25, 0.3) is 0 Å². The lowest BCUT2D eigenvalue weighted by molar-refractivity contribution is 1.28. The Balaban J connectivity index is 1.45. The Morgan fingerprint density at radius 3 is 1.74 bits per heavy atom. The Kier molecular flexibility index (Phi) is 5.88. The quantitative estimate of drug-likeness (QED) is 0.214. The highest BCUT2D eigenvalue weighted by atomic mass is 15.1. The first-order chi connectivity index (χ1) is 19.4. The lowest BCUT2D eigenvalue weighted by Crippen LogP contribution is -2.11. The molecular formula is C38H27N. The Labute approximate surface area is 229 Å². The molecule has 0 radical (unpaired) electrons. The molecule has 0 spiro atoms. The summed E-state index contributed by atoms with van der Waals surface area (Å²) < 4.78 is 0. The van der Waals surface area contributed by atoms with E-state index in [0.29, 0.717) is 0 Å². The van der Waals surface area contributed by atoms with Crippen LogP contribution in [0.25, 0.3) is 43.8 Å². The molecule has 0 saturated carbocycles. The lowest BCUT2D eigenvalue weighted by Gasteiger charge is -2.28. The molecule has 7 rings (SSSR count). The zero-order valence-corrected chi connectivity index (χ0v) is 21.5. The van der Waals surface area contributed by atoms with E-state index in [4.69, 9.17) is 0 Å². The molecule has 7 aromatic rings. The standard InChI is InChI=1S/C38H27N/c1-3-14-28(15-4-1)34-22-11-12-25-38(34)39(31-18-5-2-6-19-31)32-20-13-17-29(26-32)37-27-30-16-7-8-21-33(30)35-23-9-10-24-36(35)37/h1-27H. The van der Waals surface area contributed by atoms with Crippen molar-refractivity contribution < 1.29 is 0 Å². The van der Waals surface area contributed by atoms with Crippen molar-refractivity contribution in [2.24, 2.45) is 0 Å². The zero-order chi connectivity index (χ0) is 26.0. The predicted octanol–water partition coefficient (Wildman–Crippen LogP) is 10.8. The van der Waals surface area contributed by atoms with Crippen molar-refractivity contribution in [1.29, 1.82) is 0 Å². The number of hydrogen-bond acceptors (Lipinski definition) is 1. The Morgan fingerprint density at radius 1 is 0.333 bits per heavy atom. The van der Waals surface area contributed by atoms with Gasteiger partial charge in [0.15, 0.2) is 0 Å². The zero-order valence-electron chi connectivity index (χ0n) is 21.5. The summed E-state index contributed by atoms with van der Waals surface area (Å²) >= 11 is 0. The maximum atomic E-state index is 2.37. The molecule has 0 N–H and O–H groups in total. The van der Waals surface area contributed by atoms with E-state index >= 15 is 0 Å². The molecule has 39 heavy (non-hydrogen) atoms. The third-order valence-corrected chi connectivity index (χ3v) is 7.43. The predicted molar refractivity (Wildman–Crippen MR) is 167 cm³/mol. The van der Waals surface area contributed by atoms with Crippen LogP contribution < -0.4 is 4.90 Å². The fraction of sp³-hybridized carbons (Fsp3) is 0. The van der Waals surface area contributed by atoms with Crippen LogP contribution in [0.15, 0.2) is 164 Å². The monoisotopic (exact) mass is 497 g/mol. The summed E-state index contributed by atoms with van der Waals surface area (Å²) in [6.45, 7) is 0. The highest BCUT2D eigenvalue weighted by Crippen LogP contribution is 2.42. The van der Waals surface area contributed by atoms with Gasteiger partial charge in [-0.15, -0.1) is 0 Å². The van der Waals surface area contributed by atoms with Crippen molar-refractivity contribution in [2.45, 2.75) is 0 Å². The van der Waals surface area contributed by atoms with Crippen LogP contribution in [0.2, 0.25) is 0 Å². The highest BCUT2D eigenvalue weighted by Gasteiger charge is 2.18. The molecule has 0 saturated heterocycles. The SMILES string of the molecule is c1ccc(-c2ccccc2N(c2ccccc2)c2cccc(-c3cc4ccccc4c4ccccc34)c2)cc1. The maximum absolute atomic E-state index is 2.37. The van der Waals surface area contributed by atoms with E-state index in [2.05, 4.69) is 169 Å². The molecule has 0 unspecified atom stereocenters. The van der Waals surface area contributed by atoms with Gasteiger partial charge >= 0.3 is 0 Å². The number of hydrogen-bond donors (Lipinski definition) is 0. The van der Waals surface area contributed by atoms with Gasteiger partial charge in [-0.05, 0) is 74.6 Å². The molecule has 0 aromatic heterocycles.